The van der Waals surface area contributed by atoms with Crippen molar-refractivity contribution in [3.63, 3.8) is 0 Å². The molecule has 1 heterocycles. The van der Waals surface area contributed by atoms with Crippen molar-refractivity contribution in [2.24, 2.45) is 5.92 Å². The lowest BCUT2D eigenvalue weighted by atomic mass is 9.95. The summed E-state index contributed by atoms with van der Waals surface area (Å²) in [5.74, 6) is 0.342. The fraction of sp³-hybridized carbons (Fsp3) is 0.625. The zero-order chi connectivity index (χ0) is 14.5. The molecule has 0 unspecified atom stereocenters. The van der Waals surface area contributed by atoms with Crippen LogP contribution in [0.3, 0.4) is 0 Å². The summed E-state index contributed by atoms with van der Waals surface area (Å²) < 4.78 is 13.4. The molecule has 2 nitrogen and oxygen atoms in total. The highest BCUT2D eigenvalue weighted by Crippen LogP contribution is 2.30. The van der Waals surface area contributed by atoms with Crippen LogP contribution in [0.5, 0.6) is 0 Å². The Bertz CT molecular complexity index is 430. The number of piperazine rings is 1. The molecule has 20 heavy (non-hydrogen) atoms. The van der Waals surface area contributed by atoms with Crippen LogP contribution in [-0.2, 0) is 0 Å². The summed E-state index contributed by atoms with van der Waals surface area (Å²) in [4.78, 5) is 2.49. The molecule has 0 saturated carbocycles. The molecule has 1 aromatic rings. The van der Waals surface area contributed by atoms with Crippen molar-refractivity contribution in [1.82, 2.24) is 10.2 Å². The first-order chi connectivity index (χ1) is 9.58. The van der Waals surface area contributed by atoms with E-state index in [4.69, 9.17) is 11.6 Å². The van der Waals surface area contributed by atoms with E-state index < -0.39 is 0 Å². The van der Waals surface area contributed by atoms with Gasteiger partial charge in [-0.3, -0.25) is 4.90 Å². The minimum atomic E-state index is -0.335. The van der Waals surface area contributed by atoms with Gasteiger partial charge in [-0.15, -0.1) is 0 Å². The van der Waals surface area contributed by atoms with E-state index >= 15 is 0 Å². The molecule has 1 fully saturated rings. The number of halogens is 2. The Morgan fingerprint density at radius 3 is 2.55 bits per heavy atom. The summed E-state index contributed by atoms with van der Waals surface area (Å²) in [5, 5.41) is 3.61. The van der Waals surface area contributed by atoms with Gasteiger partial charge in [-0.25, -0.2) is 4.39 Å². The summed E-state index contributed by atoms with van der Waals surface area (Å²) in [7, 11) is 0. The second-order valence-corrected chi connectivity index (χ2v) is 6.35. The molecule has 1 N–H and O–H groups in total. The highest BCUT2D eigenvalue weighted by atomic mass is 35.5. The Labute approximate surface area is 126 Å². The van der Waals surface area contributed by atoms with Crippen LogP contribution in [-0.4, -0.2) is 31.1 Å². The van der Waals surface area contributed by atoms with Crippen LogP contribution in [0.15, 0.2) is 18.2 Å². The second-order valence-electron chi connectivity index (χ2n) is 5.95. The van der Waals surface area contributed by atoms with Crippen LogP contribution in [0.2, 0.25) is 5.02 Å². The average molecular weight is 299 g/mol. The van der Waals surface area contributed by atoms with E-state index in [0.717, 1.165) is 38.2 Å². The van der Waals surface area contributed by atoms with E-state index in [9.17, 15) is 4.39 Å². The van der Waals surface area contributed by atoms with Gasteiger partial charge in [-0.05, 0) is 36.5 Å². The first-order valence-electron chi connectivity index (χ1n) is 7.47. The van der Waals surface area contributed by atoms with Gasteiger partial charge >= 0.3 is 0 Å². The normalized spacial score (nSPS) is 18.4. The van der Waals surface area contributed by atoms with Crippen molar-refractivity contribution in [3.05, 3.63) is 34.6 Å². The van der Waals surface area contributed by atoms with Gasteiger partial charge in [-0.2, -0.15) is 0 Å². The quantitative estimate of drug-likeness (QED) is 0.888. The Hall–Kier alpha value is -0.640. The third kappa shape index (κ3) is 4.18. The predicted octanol–water partition coefficient (Wildman–Crippen LogP) is 3.86. The van der Waals surface area contributed by atoms with Crippen molar-refractivity contribution < 1.29 is 4.39 Å². The molecule has 0 aliphatic carbocycles. The summed E-state index contributed by atoms with van der Waals surface area (Å²) >= 11 is 5.95. The maximum absolute atomic E-state index is 13.4. The standard InChI is InChI=1S/C16H24ClFN2/c1-12(2)3-6-16(20-9-7-19-8-10-20)13-4-5-15(18)14(17)11-13/h4-5,11-12,16,19H,3,6-10H2,1-2H3/t16-/m0/s1. The molecule has 1 aromatic carbocycles. The number of nitrogens with one attached hydrogen (secondary N) is 1. The van der Waals surface area contributed by atoms with E-state index in [-0.39, 0.29) is 10.8 Å². The molecule has 1 aliphatic rings. The molecule has 0 aromatic heterocycles. The SMILES string of the molecule is CC(C)CC[C@@H](c1ccc(F)c(Cl)c1)N1CCNCC1. The van der Waals surface area contributed by atoms with Gasteiger partial charge in [0.05, 0.1) is 5.02 Å². The minimum Gasteiger partial charge on any atom is -0.314 e. The first-order valence-corrected chi connectivity index (χ1v) is 7.85. The molecule has 1 saturated heterocycles. The molecule has 2 rings (SSSR count). The van der Waals surface area contributed by atoms with Crippen LogP contribution >= 0.6 is 11.6 Å². The van der Waals surface area contributed by atoms with E-state index in [0.29, 0.717) is 12.0 Å². The Balaban J connectivity index is 2.17. The molecule has 0 bridgehead atoms. The van der Waals surface area contributed by atoms with E-state index in [2.05, 4.69) is 24.1 Å². The van der Waals surface area contributed by atoms with Crippen molar-refractivity contribution in [1.29, 1.82) is 0 Å². The number of rotatable bonds is 5. The Kier molecular flexibility index (Phi) is 5.82. The monoisotopic (exact) mass is 298 g/mol. The van der Waals surface area contributed by atoms with Crippen LogP contribution < -0.4 is 5.32 Å². The molecule has 112 valence electrons. The van der Waals surface area contributed by atoms with Gasteiger partial charge in [0.25, 0.3) is 0 Å². The lowest BCUT2D eigenvalue weighted by Gasteiger charge is -2.35. The van der Waals surface area contributed by atoms with Gasteiger partial charge in [-0.1, -0.05) is 31.5 Å². The van der Waals surface area contributed by atoms with Gasteiger partial charge in [0.2, 0.25) is 0 Å². The molecule has 0 amide bonds. The zero-order valence-corrected chi connectivity index (χ0v) is 13.1. The van der Waals surface area contributed by atoms with Gasteiger partial charge < -0.3 is 5.32 Å². The number of hydrogen-bond donors (Lipinski definition) is 1. The Morgan fingerprint density at radius 2 is 1.95 bits per heavy atom. The van der Waals surface area contributed by atoms with Crippen LogP contribution in [0.25, 0.3) is 0 Å². The summed E-state index contributed by atoms with van der Waals surface area (Å²) in [6, 6.07) is 5.51. The van der Waals surface area contributed by atoms with Crippen LogP contribution in [0.1, 0.15) is 38.3 Å². The Morgan fingerprint density at radius 1 is 1.25 bits per heavy atom. The molecule has 1 aliphatic heterocycles. The topological polar surface area (TPSA) is 15.3 Å². The van der Waals surface area contributed by atoms with Crippen molar-refractivity contribution in [2.45, 2.75) is 32.7 Å². The third-order valence-corrected chi connectivity index (χ3v) is 4.23. The molecule has 4 heteroatoms. The van der Waals surface area contributed by atoms with Crippen molar-refractivity contribution >= 4 is 11.6 Å². The van der Waals surface area contributed by atoms with Gasteiger partial charge in [0.15, 0.2) is 0 Å². The lowest BCUT2D eigenvalue weighted by Crippen LogP contribution is -2.45. The maximum Gasteiger partial charge on any atom is 0.141 e. The number of benzene rings is 1. The molecular weight excluding hydrogens is 275 g/mol. The fourth-order valence-corrected chi connectivity index (χ4v) is 2.95. The fourth-order valence-electron chi connectivity index (χ4n) is 2.76. The summed E-state index contributed by atoms with van der Waals surface area (Å²) in [5.41, 5.74) is 1.14. The molecule has 0 radical (unpaired) electrons. The zero-order valence-electron chi connectivity index (χ0n) is 12.3. The largest absolute Gasteiger partial charge is 0.314 e. The summed E-state index contributed by atoms with van der Waals surface area (Å²) in [6.45, 7) is 8.61. The molecular formula is C16H24ClFN2. The van der Waals surface area contributed by atoms with E-state index in [1.165, 1.54) is 12.5 Å². The second kappa shape index (κ2) is 7.39. The average Bonchev–Trinajstić information content (AvgIpc) is 2.44. The third-order valence-electron chi connectivity index (χ3n) is 3.94. The maximum atomic E-state index is 13.4. The van der Waals surface area contributed by atoms with Crippen molar-refractivity contribution in [3.8, 4) is 0 Å². The van der Waals surface area contributed by atoms with Gasteiger partial charge in [0.1, 0.15) is 5.82 Å². The highest BCUT2D eigenvalue weighted by Gasteiger charge is 2.22. The molecule has 0 spiro atoms. The van der Waals surface area contributed by atoms with Crippen LogP contribution in [0.4, 0.5) is 4.39 Å². The smallest absolute Gasteiger partial charge is 0.141 e. The van der Waals surface area contributed by atoms with Gasteiger partial charge in [0, 0.05) is 32.2 Å². The number of nitrogens with zero attached hydrogens (tertiary/aromatic N) is 1. The van der Waals surface area contributed by atoms with E-state index in [1.54, 1.807) is 6.07 Å². The first kappa shape index (κ1) is 15.7. The summed E-state index contributed by atoms with van der Waals surface area (Å²) in [6.07, 6.45) is 2.27. The lowest BCUT2D eigenvalue weighted by molar-refractivity contribution is 0.159. The van der Waals surface area contributed by atoms with Crippen LogP contribution in [0, 0.1) is 11.7 Å². The molecule has 1 atom stereocenters. The number of hydrogen-bond acceptors (Lipinski definition) is 2. The minimum absolute atomic E-state index is 0.229. The van der Waals surface area contributed by atoms with Crippen molar-refractivity contribution in [2.75, 3.05) is 26.2 Å². The highest BCUT2D eigenvalue weighted by molar-refractivity contribution is 6.30. The van der Waals surface area contributed by atoms with E-state index in [1.807, 2.05) is 6.07 Å². The predicted molar refractivity (Wildman–Crippen MR) is 82.7 cm³/mol.